The molecule has 16 heavy (non-hydrogen) atoms. The fourth-order valence-corrected chi connectivity index (χ4v) is 3.08. The van der Waals surface area contributed by atoms with Crippen molar-refractivity contribution in [2.75, 3.05) is 26.2 Å². The summed E-state index contributed by atoms with van der Waals surface area (Å²) in [7, 11) is 0. The molecule has 0 aromatic heterocycles. The van der Waals surface area contributed by atoms with E-state index >= 15 is 0 Å². The molecule has 1 saturated heterocycles. The van der Waals surface area contributed by atoms with Gasteiger partial charge in [-0.05, 0) is 57.5 Å². The lowest BCUT2D eigenvalue weighted by Crippen LogP contribution is -2.47. The van der Waals surface area contributed by atoms with Gasteiger partial charge in [0.05, 0.1) is 0 Å². The molecule has 0 aromatic rings. The van der Waals surface area contributed by atoms with Gasteiger partial charge >= 0.3 is 0 Å². The lowest BCUT2D eigenvalue weighted by atomic mass is 9.91. The molecule has 2 aliphatic rings. The van der Waals surface area contributed by atoms with Crippen LogP contribution in [-0.2, 0) is 0 Å². The summed E-state index contributed by atoms with van der Waals surface area (Å²) in [5.74, 6) is 0.854. The molecule has 0 spiro atoms. The summed E-state index contributed by atoms with van der Waals surface area (Å²) in [5, 5.41) is 3.64. The highest BCUT2D eigenvalue weighted by atomic mass is 15.2. The van der Waals surface area contributed by atoms with E-state index in [2.05, 4.69) is 37.9 Å². The van der Waals surface area contributed by atoms with E-state index in [-0.39, 0.29) is 0 Å². The normalized spacial score (nSPS) is 29.1. The van der Waals surface area contributed by atoms with Gasteiger partial charge in [0.25, 0.3) is 0 Å². The maximum Gasteiger partial charge on any atom is 0.0252 e. The predicted octanol–water partition coefficient (Wildman–Crippen LogP) is 2.50. The zero-order valence-electron chi connectivity index (χ0n) is 11.5. The third kappa shape index (κ3) is 2.78. The Kier molecular flexibility index (Phi) is 3.33. The molecule has 94 valence electrons. The molecular formula is C14H28N2. The highest BCUT2D eigenvalue weighted by molar-refractivity contribution is 4.99. The summed E-state index contributed by atoms with van der Waals surface area (Å²) in [4.78, 5) is 2.70. The average molecular weight is 224 g/mol. The predicted molar refractivity (Wildman–Crippen MR) is 69.6 cm³/mol. The summed E-state index contributed by atoms with van der Waals surface area (Å²) < 4.78 is 0. The first-order valence-corrected chi connectivity index (χ1v) is 6.91. The van der Waals surface area contributed by atoms with Crippen LogP contribution in [0.4, 0.5) is 0 Å². The molecule has 1 heterocycles. The van der Waals surface area contributed by atoms with Gasteiger partial charge < -0.3 is 10.2 Å². The molecule has 0 aromatic carbocycles. The van der Waals surface area contributed by atoms with Crippen molar-refractivity contribution in [1.82, 2.24) is 10.2 Å². The van der Waals surface area contributed by atoms with Crippen LogP contribution in [0.25, 0.3) is 0 Å². The molecule has 2 rings (SSSR count). The summed E-state index contributed by atoms with van der Waals surface area (Å²) in [6.45, 7) is 14.5. The minimum absolute atomic E-state index is 0.295. The zero-order chi connectivity index (χ0) is 11.8. The Morgan fingerprint density at radius 1 is 1.25 bits per heavy atom. The summed E-state index contributed by atoms with van der Waals surface area (Å²) in [6.07, 6.45) is 4.21. The quantitative estimate of drug-likeness (QED) is 0.792. The van der Waals surface area contributed by atoms with Crippen LogP contribution in [0.1, 0.15) is 47.0 Å². The van der Waals surface area contributed by atoms with E-state index in [1.165, 1.54) is 45.4 Å². The monoisotopic (exact) mass is 224 g/mol. The van der Waals surface area contributed by atoms with E-state index in [0.29, 0.717) is 11.0 Å². The standard InChI is InChI=1S/C14H28N2/c1-12(2)14(6-7-14)11-16-9-5-8-15-13(3,4)10-16/h12,15H,5-11H2,1-4H3. The molecule has 0 bridgehead atoms. The van der Waals surface area contributed by atoms with Crippen molar-refractivity contribution in [2.24, 2.45) is 11.3 Å². The lowest BCUT2D eigenvalue weighted by Gasteiger charge is -2.33. The van der Waals surface area contributed by atoms with Gasteiger partial charge in [0, 0.05) is 18.6 Å². The van der Waals surface area contributed by atoms with Crippen LogP contribution in [0.3, 0.4) is 0 Å². The molecule has 0 unspecified atom stereocenters. The molecule has 0 radical (unpaired) electrons. The smallest absolute Gasteiger partial charge is 0.0252 e. The van der Waals surface area contributed by atoms with Crippen molar-refractivity contribution >= 4 is 0 Å². The van der Waals surface area contributed by atoms with Crippen molar-refractivity contribution in [3.63, 3.8) is 0 Å². The molecule has 0 atom stereocenters. The van der Waals surface area contributed by atoms with Gasteiger partial charge in [-0.1, -0.05) is 13.8 Å². The van der Waals surface area contributed by atoms with Crippen LogP contribution >= 0.6 is 0 Å². The van der Waals surface area contributed by atoms with Gasteiger partial charge in [0.1, 0.15) is 0 Å². The van der Waals surface area contributed by atoms with Gasteiger partial charge in [-0.2, -0.15) is 0 Å². The van der Waals surface area contributed by atoms with Crippen LogP contribution in [0, 0.1) is 11.3 Å². The second-order valence-corrected chi connectivity index (χ2v) is 6.89. The molecule has 1 saturated carbocycles. The van der Waals surface area contributed by atoms with Gasteiger partial charge in [-0.15, -0.1) is 0 Å². The molecule has 1 aliphatic heterocycles. The van der Waals surface area contributed by atoms with Crippen molar-refractivity contribution in [2.45, 2.75) is 52.5 Å². The number of hydrogen-bond donors (Lipinski definition) is 1. The van der Waals surface area contributed by atoms with Crippen LogP contribution < -0.4 is 5.32 Å². The molecular weight excluding hydrogens is 196 g/mol. The number of nitrogens with zero attached hydrogens (tertiary/aromatic N) is 1. The first-order chi connectivity index (χ1) is 7.44. The van der Waals surface area contributed by atoms with E-state index in [9.17, 15) is 0 Å². The van der Waals surface area contributed by atoms with E-state index in [0.717, 1.165) is 5.92 Å². The lowest BCUT2D eigenvalue weighted by molar-refractivity contribution is 0.165. The molecule has 2 heteroatoms. The van der Waals surface area contributed by atoms with Crippen LogP contribution in [0.5, 0.6) is 0 Å². The Morgan fingerprint density at radius 3 is 2.50 bits per heavy atom. The fourth-order valence-electron chi connectivity index (χ4n) is 3.08. The zero-order valence-corrected chi connectivity index (χ0v) is 11.5. The van der Waals surface area contributed by atoms with Crippen molar-refractivity contribution < 1.29 is 0 Å². The van der Waals surface area contributed by atoms with Crippen LogP contribution in [0.15, 0.2) is 0 Å². The number of hydrogen-bond acceptors (Lipinski definition) is 2. The fraction of sp³-hybridized carbons (Fsp3) is 1.00. The second-order valence-electron chi connectivity index (χ2n) is 6.89. The molecule has 1 N–H and O–H groups in total. The summed E-state index contributed by atoms with van der Waals surface area (Å²) >= 11 is 0. The number of nitrogens with one attached hydrogen (secondary N) is 1. The largest absolute Gasteiger partial charge is 0.310 e. The minimum atomic E-state index is 0.295. The SMILES string of the molecule is CC(C)C1(CN2CCCNC(C)(C)C2)CC1. The Bertz CT molecular complexity index is 241. The summed E-state index contributed by atoms with van der Waals surface area (Å²) in [6, 6.07) is 0. The third-order valence-corrected chi connectivity index (χ3v) is 4.53. The number of rotatable bonds is 3. The highest BCUT2D eigenvalue weighted by Crippen LogP contribution is 2.52. The Hall–Kier alpha value is -0.0800. The van der Waals surface area contributed by atoms with Crippen molar-refractivity contribution in [1.29, 1.82) is 0 Å². The highest BCUT2D eigenvalue weighted by Gasteiger charge is 2.46. The van der Waals surface area contributed by atoms with E-state index in [1.807, 2.05) is 0 Å². The first-order valence-electron chi connectivity index (χ1n) is 6.91. The molecule has 1 aliphatic carbocycles. The maximum absolute atomic E-state index is 3.64. The van der Waals surface area contributed by atoms with Gasteiger partial charge in [0.2, 0.25) is 0 Å². The molecule has 2 fully saturated rings. The van der Waals surface area contributed by atoms with Crippen molar-refractivity contribution in [3.05, 3.63) is 0 Å². The topological polar surface area (TPSA) is 15.3 Å². The van der Waals surface area contributed by atoms with E-state index in [1.54, 1.807) is 0 Å². The molecule has 0 amide bonds. The second kappa shape index (κ2) is 4.30. The Morgan fingerprint density at radius 2 is 1.94 bits per heavy atom. The molecule has 2 nitrogen and oxygen atoms in total. The van der Waals surface area contributed by atoms with E-state index < -0.39 is 0 Å². The van der Waals surface area contributed by atoms with E-state index in [4.69, 9.17) is 0 Å². The third-order valence-electron chi connectivity index (χ3n) is 4.53. The average Bonchev–Trinajstić information content (AvgIpc) is 2.93. The minimum Gasteiger partial charge on any atom is -0.310 e. The van der Waals surface area contributed by atoms with Crippen molar-refractivity contribution in [3.8, 4) is 0 Å². The van der Waals surface area contributed by atoms with Gasteiger partial charge in [0.15, 0.2) is 0 Å². The Balaban J connectivity index is 1.94. The van der Waals surface area contributed by atoms with Gasteiger partial charge in [-0.3, -0.25) is 0 Å². The Labute approximate surface area is 101 Å². The maximum atomic E-state index is 3.64. The van der Waals surface area contributed by atoms with Crippen LogP contribution in [0.2, 0.25) is 0 Å². The van der Waals surface area contributed by atoms with Gasteiger partial charge in [-0.25, -0.2) is 0 Å². The summed E-state index contributed by atoms with van der Waals surface area (Å²) in [5.41, 5.74) is 0.962. The van der Waals surface area contributed by atoms with Crippen LogP contribution in [-0.4, -0.2) is 36.6 Å². The first kappa shape index (κ1) is 12.4.